The normalized spacial score (nSPS) is 19.6. The summed E-state index contributed by atoms with van der Waals surface area (Å²) in [6.07, 6.45) is 1.94. The van der Waals surface area contributed by atoms with Crippen LogP contribution in [-0.2, 0) is 17.7 Å². The van der Waals surface area contributed by atoms with Crippen molar-refractivity contribution in [1.29, 1.82) is 0 Å². The van der Waals surface area contributed by atoms with Crippen LogP contribution >= 0.6 is 0 Å². The van der Waals surface area contributed by atoms with Gasteiger partial charge in [0.2, 0.25) is 0 Å². The van der Waals surface area contributed by atoms with Gasteiger partial charge >= 0.3 is 6.09 Å². The SMILES string of the molecule is CC1NN=CC1Cc1cc(F)cc2cc(CNC(=O)OC(C)(C)C)oc12. The zero-order valence-electron chi connectivity index (χ0n) is 15.4. The summed E-state index contributed by atoms with van der Waals surface area (Å²) in [6.45, 7) is 7.60. The van der Waals surface area contributed by atoms with Crippen LogP contribution in [0.4, 0.5) is 9.18 Å². The number of nitrogens with zero attached hydrogens (tertiary/aromatic N) is 1. The van der Waals surface area contributed by atoms with Gasteiger partial charge in [-0.3, -0.25) is 0 Å². The van der Waals surface area contributed by atoms with Crippen molar-refractivity contribution in [3.8, 4) is 0 Å². The van der Waals surface area contributed by atoms with Gasteiger partial charge in [0, 0.05) is 23.6 Å². The highest BCUT2D eigenvalue weighted by molar-refractivity contribution is 5.82. The van der Waals surface area contributed by atoms with Crippen molar-refractivity contribution in [3.05, 3.63) is 35.3 Å². The first-order chi connectivity index (χ1) is 12.2. The number of hydrogen-bond donors (Lipinski definition) is 2. The number of hydrazone groups is 1. The molecule has 2 unspecified atom stereocenters. The summed E-state index contributed by atoms with van der Waals surface area (Å²) >= 11 is 0. The standard InChI is InChI=1S/C19H24FN3O3/c1-11-14(9-22-23-11)5-12-6-15(20)7-13-8-16(25-17(12)13)10-21-18(24)26-19(2,3)4/h6-9,11,14,23H,5,10H2,1-4H3,(H,21,24). The molecule has 2 heterocycles. The van der Waals surface area contributed by atoms with Crippen molar-refractivity contribution in [3.63, 3.8) is 0 Å². The van der Waals surface area contributed by atoms with E-state index in [4.69, 9.17) is 9.15 Å². The molecule has 1 aromatic heterocycles. The Morgan fingerprint density at radius 2 is 2.15 bits per heavy atom. The molecule has 26 heavy (non-hydrogen) atoms. The highest BCUT2D eigenvalue weighted by Gasteiger charge is 2.22. The number of carbonyl (C=O) groups is 1. The second-order valence-electron chi connectivity index (χ2n) is 7.62. The molecule has 3 rings (SSSR count). The van der Waals surface area contributed by atoms with Gasteiger partial charge in [-0.2, -0.15) is 5.10 Å². The molecule has 0 bridgehead atoms. The summed E-state index contributed by atoms with van der Waals surface area (Å²) in [5, 5.41) is 7.40. The first-order valence-corrected chi connectivity index (χ1v) is 8.68. The quantitative estimate of drug-likeness (QED) is 0.870. The predicted molar refractivity (Wildman–Crippen MR) is 97.5 cm³/mol. The number of alkyl carbamates (subject to hydrolysis) is 1. The molecule has 0 fully saturated rings. The number of nitrogens with one attached hydrogen (secondary N) is 2. The summed E-state index contributed by atoms with van der Waals surface area (Å²) in [6, 6.07) is 4.86. The Bertz CT molecular complexity index is 838. The second kappa shape index (κ2) is 6.97. The molecule has 2 N–H and O–H groups in total. The fraction of sp³-hybridized carbons (Fsp3) is 0.474. The first-order valence-electron chi connectivity index (χ1n) is 8.68. The van der Waals surface area contributed by atoms with Gasteiger partial charge in [0.25, 0.3) is 0 Å². The maximum atomic E-state index is 14.0. The van der Waals surface area contributed by atoms with E-state index in [9.17, 15) is 9.18 Å². The van der Waals surface area contributed by atoms with Gasteiger partial charge in [-0.25, -0.2) is 9.18 Å². The Kier molecular flexibility index (Phi) is 4.89. The number of rotatable bonds is 4. The van der Waals surface area contributed by atoms with Crippen LogP contribution < -0.4 is 10.7 Å². The maximum Gasteiger partial charge on any atom is 0.408 e. The van der Waals surface area contributed by atoms with E-state index in [2.05, 4.69) is 15.8 Å². The van der Waals surface area contributed by atoms with Crippen LogP contribution in [0.1, 0.15) is 39.0 Å². The van der Waals surface area contributed by atoms with Crippen molar-refractivity contribution in [1.82, 2.24) is 10.7 Å². The zero-order valence-corrected chi connectivity index (χ0v) is 15.4. The van der Waals surface area contributed by atoms with Gasteiger partial charge in [-0.05, 0) is 57.9 Å². The molecule has 0 aliphatic carbocycles. The van der Waals surface area contributed by atoms with Gasteiger partial charge in [0.1, 0.15) is 22.8 Å². The largest absolute Gasteiger partial charge is 0.459 e. The summed E-state index contributed by atoms with van der Waals surface area (Å²) in [5.41, 5.74) is 3.85. The van der Waals surface area contributed by atoms with Crippen molar-refractivity contribution in [2.75, 3.05) is 0 Å². The minimum atomic E-state index is -0.568. The van der Waals surface area contributed by atoms with Crippen LogP contribution in [0.5, 0.6) is 0 Å². The molecule has 0 saturated carbocycles. The number of fused-ring (bicyclic) bond motifs is 1. The lowest BCUT2D eigenvalue weighted by Gasteiger charge is -2.19. The van der Waals surface area contributed by atoms with Crippen LogP contribution in [0.15, 0.2) is 27.7 Å². The van der Waals surface area contributed by atoms with Gasteiger partial charge in [0.15, 0.2) is 0 Å². The van der Waals surface area contributed by atoms with E-state index in [1.165, 1.54) is 12.1 Å². The minimum absolute atomic E-state index is 0.174. The third kappa shape index (κ3) is 4.33. The molecule has 1 aliphatic heterocycles. The molecule has 2 atom stereocenters. The van der Waals surface area contributed by atoms with Crippen LogP contribution in [-0.4, -0.2) is 24.0 Å². The smallest absolute Gasteiger partial charge is 0.408 e. The number of furan rings is 1. The van der Waals surface area contributed by atoms with Gasteiger partial charge in [0.05, 0.1) is 6.54 Å². The average Bonchev–Trinajstić information content (AvgIpc) is 3.10. The monoisotopic (exact) mass is 361 g/mol. The molecule has 0 saturated heterocycles. The van der Waals surface area contributed by atoms with Crippen molar-refractivity contribution in [2.45, 2.75) is 52.3 Å². The number of carbonyl (C=O) groups excluding carboxylic acids is 1. The molecule has 2 aromatic rings. The molecule has 7 heteroatoms. The van der Waals surface area contributed by atoms with E-state index in [1.54, 1.807) is 26.8 Å². The number of amides is 1. The number of ether oxygens (including phenoxy) is 1. The van der Waals surface area contributed by atoms with Crippen molar-refractivity contribution < 1.29 is 18.3 Å². The highest BCUT2D eigenvalue weighted by atomic mass is 19.1. The Morgan fingerprint density at radius 3 is 2.81 bits per heavy atom. The fourth-order valence-electron chi connectivity index (χ4n) is 2.92. The van der Waals surface area contributed by atoms with E-state index in [0.29, 0.717) is 23.2 Å². The van der Waals surface area contributed by atoms with Crippen molar-refractivity contribution in [2.24, 2.45) is 11.0 Å². The third-order valence-electron chi connectivity index (χ3n) is 4.16. The van der Waals surface area contributed by atoms with Crippen LogP contribution in [0.2, 0.25) is 0 Å². The van der Waals surface area contributed by atoms with E-state index in [1.807, 2.05) is 13.1 Å². The lowest BCUT2D eigenvalue weighted by Crippen LogP contribution is -2.32. The zero-order chi connectivity index (χ0) is 18.9. The van der Waals surface area contributed by atoms with E-state index < -0.39 is 11.7 Å². The lowest BCUT2D eigenvalue weighted by atomic mass is 9.94. The first kappa shape index (κ1) is 18.2. The predicted octanol–water partition coefficient (Wildman–Crippen LogP) is 3.73. The molecule has 1 amide bonds. The van der Waals surface area contributed by atoms with Crippen LogP contribution in [0, 0.1) is 11.7 Å². The van der Waals surface area contributed by atoms with Gasteiger partial charge in [-0.1, -0.05) is 0 Å². The van der Waals surface area contributed by atoms with Crippen molar-refractivity contribution >= 4 is 23.3 Å². The Morgan fingerprint density at radius 1 is 1.38 bits per heavy atom. The number of benzene rings is 1. The number of hydrogen-bond acceptors (Lipinski definition) is 5. The Balaban J connectivity index is 1.76. The summed E-state index contributed by atoms with van der Waals surface area (Å²) in [5.74, 6) is 0.410. The Labute approximate surface area is 151 Å². The average molecular weight is 361 g/mol. The topological polar surface area (TPSA) is 75.9 Å². The number of halogens is 1. The summed E-state index contributed by atoms with van der Waals surface area (Å²) < 4.78 is 25.1. The maximum absolute atomic E-state index is 14.0. The Hall–Kier alpha value is -2.57. The molecule has 0 spiro atoms. The molecular formula is C19H24FN3O3. The molecule has 6 nitrogen and oxygen atoms in total. The summed E-state index contributed by atoms with van der Waals surface area (Å²) in [4.78, 5) is 11.8. The molecule has 0 radical (unpaired) electrons. The van der Waals surface area contributed by atoms with Crippen LogP contribution in [0.3, 0.4) is 0 Å². The lowest BCUT2D eigenvalue weighted by molar-refractivity contribution is 0.0520. The third-order valence-corrected chi connectivity index (χ3v) is 4.16. The molecular weight excluding hydrogens is 337 g/mol. The highest BCUT2D eigenvalue weighted by Crippen LogP contribution is 2.27. The van der Waals surface area contributed by atoms with E-state index in [0.717, 1.165) is 5.56 Å². The summed E-state index contributed by atoms with van der Waals surface area (Å²) in [7, 11) is 0. The molecule has 1 aliphatic rings. The van der Waals surface area contributed by atoms with E-state index >= 15 is 0 Å². The van der Waals surface area contributed by atoms with Crippen LogP contribution in [0.25, 0.3) is 11.0 Å². The second-order valence-corrected chi connectivity index (χ2v) is 7.62. The van der Waals surface area contributed by atoms with Gasteiger partial charge in [-0.15, -0.1) is 0 Å². The fourth-order valence-corrected chi connectivity index (χ4v) is 2.92. The minimum Gasteiger partial charge on any atom is -0.459 e. The van der Waals surface area contributed by atoms with E-state index in [-0.39, 0.29) is 24.3 Å². The van der Waals surface area contributed by atoms with Gasteiger partial charge < -0.3 is 19.9 Å². The molecule has 1 aromatic carbocycles. The molecule has 140 valence electrons.